The number of hydrogen-bond acceptors (Lipinski definition) is 1. The van der Waals surface area contributed by atoms with Gasteiger partial charge in [-0.25, -0.2) is 0 Å². The van der Waals surface area contributed by atoms with Gasteiger partial charge in [0.2, 0.25) is 0 Å². The van der Waals surface area contributed by atoms with Gasteiger partial charge in [-0.15, -0.1) is 17.0 Å². The van der Waals surface area contributed by atoms with Gasteiger partial charge >= 0.3 is 0 Å². The van der Waals surface area contributed by atoms with Crippen molar-refractivity contribution in [3.8, 4) is 0 Å². The number of rotatable bonds is 1. The molecule has 0 saturated carbocycles. The zero-order valence-corrected chi connectivity index (χ0v) is 7.99. The normalized spacial score (nSPS) is 27.4. The molecule has 1 atom stereocenters. The van der Waals surface area contributed by atoms with Crippen molar-refractivity contribution in [2.75, 3.05) is 11.9 Å². The minimum Gasteiger partial charge on any atom is -0.313 e. The van der Waals surface area contributed by atoms with Crippen LogP contribution < -0.4 is 5.32 Å². The molecule has 1 N–H and O–H groups in total. The van der Waals surface area contributed by atoms with Crippen LogP contribution in [-0.4, -0.2) is 17.9 Å². The third-order valence-corrected chi connectivity index (χ3v) is 2.13. The molecular weight excluding hydrogens is 234 g/mol. The van der Waals surface area contributed by atoms with E-state index in [1.165, 1.54) is 19.4 Å². The second-order valence-electron chi connectivity index (χ2n) is 1.95. The summed E-state index contributed by atoms with van der Waals surface area (Å²) in [6, 6.07) is 0.764. The van der Waals surface area contributed by atoms with Crippen LogP contribution in [0.2, 0.25) is 0 Å². The van der Waals surface area contributed by atoms with Gasteiger partial charge < -0.3 is 5.32 Å². The lowest BCUT2D eigenvalue weighted by atomic mass is 10.3. The molecule has 0 aromatic rings. The average Bonchev–Trinajstić information content (AvgIpc) is 2.14. The molecule has 0 bridgehead atoms. The highest BCUT2D eigenvalue weighted by molar-refractivity contribution is 9.09. The minimum absolute atomic E-state index is 0. The van der Waals surface area contributed by atoms with E-state index < -0.39 is 0 Å². The fourth-order valence-electron chi connectivity index (χ4n) is 0.888. The van der Waals surface area contributed by atoms with Crippen molar-refractivity contribution in [1.82, 2.24) is 5.32 Å². The summed E-state index contributed by atoms with van der Waals surface area (Å²) >= 11 is 3.41. The van der Waals surface area contributed by atoms with Crippen LogP contribution in [0.1, 0.15) is 12.8 Å². The summed E-state index contributed by atoms with van der Waals surface area (Å²) in [5.74, 6) is 0. The van der Waals surface area contributed by atoms with Gasteiger partial charge in [0.1, 0.15) is 0 Å². The fourth-order valence-corrected chi connectivity index (χ4v) is 1.44. The Hall–Kier alpha value is 0.920. The lowest BCUT2D eigenvalue weighted by molar-refractivity contribution is 0.678. The Kier molecular flexibility index (Phi) is 5.31. The molecular formula is C5H11Br2N. The monoisotopic (exact) mass is 243 g/mol. The highest BCUT2D eigenvalue weighted by atomic mass is 79.9. The molecule has 1 saturated heterocycles. The highest BCUT2D eigenvalue weighted by Crippen LogP contribution is 2.06. The molecule has 3 heteroatoms. The van der Waals surface area contributed by atoms with Crippen molar-refractivity contribution in [3.63, 3.8) is 0 Å². The third kappa shape index (κ3) is 2.46. The molecule has 1 heterocycles. The van der Waals surface area contributed by atoms with Crippen LogP contribution in [0.4, 0.5) is 0 Å². The van der Waals surface area contributed by atoms with Gasteiger partial charge in [-0.05, 0) is 19.4 Å². The Morgan fingerprint density at radius 3 is 2.62 bits per heavy atom. The van der Waals surface area contributed by atoms with Crippen LogP contribution in [0.15, 0.2) is 0 Å². The zero-order valence-electron chi connectivity index (χ0n) is 4.69. The summed E-state index contributed by atoms with van der Waals surface area (Å²) in [6.07, 6.45) is 2.71. The van der Waals surface area contributed by atoms with Gasteiger partial charge in [0.15, 0.2) is 0 Å². The summed E-state index contributed by atoms with van der Waals surface area (Å²) in [5, 5.41) is 4.48. The van der Waals surface area contributed by atoms with E-state index in [4.69, 9.17) is 0 Å². The first-order chi connectivity index (χ1) is 3.43. The summed E-state index contributed by atoms with van der Waals surface area (Å²) in [7, 11) is 0. The van der Waals surface area contributed by atoms with Crippen molar-refractivity contribution in [3.05, 3.63) is 0 Å². The number of nitrogens with one attached hydrogen (secondary N) is 1. The van der Waals surface area contributed by atoms with E-state index in [2.05, 4.69) is 21.2 Å². The first-order valence-electron chi connectivity index (χ1n) is 2.73. The van der Waals surface area contributed by atoms with Crippen LogP contribution in [0, 0.1) is 0 Å². The fraction of sp³-hybridized carbons (Fsp3) is 1.00. The Morgan fingerprint density at radius 1 is 1.62 bits per heavy atom. The maximum absolute atomic E-state index is 3.41. The van der Waals surface area contributed by atoms with Crippen molar-refractivity contribution in [1.29, 1.82) is 0 Å². The average molecular weight is 245 g/mol. The van der Waals surface area contributed by atoms with Crippen LogP contribution in [-0.2, 0) is 0 Å². The quantitative estimate of drug-likeness (QED) is 0.693. The molecule has 1 aliphatic rings. The SMILES string of the molecule is Br.BrC[C@@H]1CCCN1. The van der Waals surface area contributed by atoms with Gasteiger partial charge in [-0.3, -0.25) is 0 Å². The Balaban J connectivity index is 0.000000490. The lowest BCUT2D eigenvalue weighted by Gasteiger charge is -2.00. The molecule has 0 spiro atoms. The van der Waals surface area contributed by atoms with Crippen molar-refractivity contribution in [2.45, 2.75) is 18.9 Å². The van der Waals surface area contributed by atoms with Gasteiger partial charge in [0.05, 0.1) is 0 Å². The van der Waals surface area contributed by atoms with Crippen LogP contribution in [0.3, 0.4) is 0 Å². The zero-order chi connectivity index (χ0) is 5.11. The Labute approximate surface area is 69.1 Å². The van der Waals surface area contributed by atoms with E-state index in [9.17, 15) is 0 Å². The topological polar surface area (TPSA) is 12.0 Å². The molecule has 0 aromatic heterocycles. The third-order valence-electron chi connectivity index (χ3n) is 1.35. The predicted molar refractivity (Wildman–Crippen MR) is 45.1 cm³/mol. The van der Waals surface area contributed by atoms with Gasteiger partial charge in [-0.1, -0.05) is 15.9 Å². The number of halogens is 2. The van der Waals surface area contributed by atoms with E-state index in [0.29, 0.717) is 0 Å². The largest absolute Gasteiger partial charge is 0.313 e. The first-order valence-corrected chi connectivity index (χ1v) is 3.85. The number of hydrogen-bond donors (Lipinski definition) is 1. The molecule has 0 amide bonds. The van der Waals surface area contributed by atoms with Crippen molar-refractivity contribution >= 4 is 32.9 Å². The second-order valence-corrected chi connectivity index (χ2v) is 2.60. The first kappa shape index (κ1) is 8.92. The van der Waals surface area contributed by atoms with Gasteiger partial charge in [-0.2, -0.15) is 0 Å². The maximum Gasteiger partial charge on any atom is 0.0186 e. The predicted octanol–water partition coefficient (Wildman–Crippen LogP) is 1.71. The summed E-state index contributed by atoms with van der Waals surface area (Å²) in [5.41, 5.74) is 0. The molecule has 8 heavy (non-hydrogen) atoms. The second kappa shape index (κ2) is 4.77. The Morgan fingerprint density at radius 2 is 2.38 bits per heavy atom. The van der Waals surface area contributed by atoms with Gasteiger partial charge in [0, 0.05) is 11.4 Å². The van der Waals surface area contributed by atoms with Crippen LogP contribution in [0.25, 0.3) is 0 Å². The minimum atomic E-state index is 0. The van der Waals surface area contributed by atoms with Crippen molar-refractivity contribution < 1.29 is 0 Å². The number of alkyl halides is 1. The highest BCUT2D eigenvalue weighted by Gasteiger charge is 2.10. The molecule has 1 fully saturated rings. The maximum atomic E-state index is 3.41. The summed E-state index contributed by atoms with van der Waals surface area (Å²) in [4.78, 5) is 0. The standard InChI is InChI=1S/C5H10BrN.BrH/c6-4-5-2-1-3-7-5;/h5,7H,1-4H2;1H/t5-;/m0./s1. The summed E-state index contributed by atoms with van der Waals surface area (Å²) in [6.45, 7) is 1.22. The van der Waals surface area contributed by atoms with E-state index in [0.717, 1.165) is 11.4 Å². The van der Waals surface area contributed by atoms with E-state index in [1.54, 1.807) is 0 Å². The molecule has 1 rings (SSSR count). The lowest BCUT2D eigenvalue weighted by Crippen LogP contribution is -2.22. The molecule has 0 aliphatic carbocycles. The van der Waals surface area contributed by atoms with Gasteiger partial charge in [0.25, 0.3) is 0 Å². The van der Waals surface area contributed by atoms with E-state index >= 15 is 0 Å². The summed E-state index contributed by atoms with van der Waals surface area (Å²) < 4.78 is 0. The molecule has 0 aromatic carbocycles. The smallest absolute Gasteiger partial charge is 0.0186 e. The molecule has 1 nitrogen and oxygen atoms in total. The molecule has 0 unspecified atom stereocenters. The van der Waals surface area contributed by atoms with Crippen LogP contribution >= 0.6 is 32.9 Å². The van der Waals surface area contributed by atoms with Crippen molar-refractivity contribution in [2.24, 2.45) is 0 Å². The molecule has 50 valence electrons. The molecule has 1 aliphatic heterocycles. The van der Waals surface area contributed by atoms with E-state index in [1.807, 2.05) is 0 Å². The molecule has 0 radical (unpaired) electrons. The Bertz CT molecular complexity index is 52.4. The van der Waals surface area contributed by atoms with Crippen LogP contribution in [0.5, 0.6) is 0 Å². The van der Waals surface area contributed by atoms with E-state index in [-0.39, 0.29) is 17.0 Å².